The molecule has 0 aliphatic carbocycles. The van der Waals surface area contributed by atoms with E-state index in [-0.39, 0.29) is 11.6 Å². The molecular formula is C15H20O3Se. The van der Waals surface area contributed by atoms with Crippen molar-refractivity contribution >= 4 is 25.4 Å². The molecule has 0 N–H and O–H groups in total. The first-order valence-electron chi connectivity index (χ1n) is 6.22. The average Bonchev–Trinajstić information content (AvgIpc) is 2.38. The standard InChI is InChI=1S/C15H20O3Se/c1-4-17-14(16)10-11-18-15(2,3)12-19-13-8-6-5-7-9-13/h5-11H,4,12H2,1-3H3/b11-10+. The summed E-state index contributed by atoms with van der Waals surface area (Å²) in [6.45, 7) is 6.20. The van der Waals surface area contributed by atoms with E-state index in [1.807, 2.05) is 32.0 Å². The van der Waals surface area contributed by atoms with Gasteiger partial charge in [0, 0.05) is 0 Å². The first kappa shape index (κ1) is 15.8. The predicted octanol–water partition coefficient (Wildman–Crippen LogP) is 2.31. The SMILES string of the molecule is CCOC(=O)/C=C/OC(C)(C)C[Se]c1ccccc1. The van der Waals surface area contributed by atoms with Crippen molar-refractivity contribution in [3.05, 3.63) is 42.7 Å². The maximum atomic E-state index is 11.1. The summed E-state index contributed by atoms with van der Waals surface area (Å²) in [4.78, 5) is 11.1. The number of carbonyl (C=O) groups is 1. The number of carbonyl (C=O) groups excluding carboxylic acids is 1. The fourth-order valence-corrected chi connectivity index (χ4v) is 3.23. The van der Waals surface area contributed by atoms with Gasteiger partial charge in [-0.2, -0.15) is 0 Å². The second kappa shape index (κ2) is 8.03. The minimum atomic E-state index is -0.369. The molecule has 0 saturated carbocycles. The molecule has 0 fully saturated rings. The number of rotatable bonds is 7. The van der Waals surface area contributed by atoms with Crippen LogP contribution in [-0.4, -0.2) is 33.1 Å². The summed E-state index contributed by atoms with van der Waals surface area (Å²) in [6.07, 6.45) is 2.75. The fourth-order valence-electron chi connectivity index (χ4n) is 1.27. The zero-order valence-electron chi connectivity index (χ0n) is 11.6. The van der Waals surface area contributed by atoms with Gasteiger partial charge in [-0.15, -0.1) is 0 Å². The van der Waals surface area contributed by atoms with Gasteiger partial charge in [-0.05, 0) is 0 Å². The van der Waals surface area contributed by atoms with E-state index < -0.39 is 0 Å². The van der Waals surface area contributed by atoms with E-state index in [1.165, 1.54) is 16.8 Å². The molecule has 0 aromatic heterocycles. The molecule has 19 heavy (non-hydrogen) atoms. The van der Waals surface area contributed by atoms with Gasteiger partial charge in [0.15, 0.2) is 0 Å². The van der Waals surface area contributed by atoms with Crippen molar-refractivity contribution in [3.63, 3.8) is 0 Å². The monoisotopic (exact) mass is 328 g/mol. The van der Waals surface area contributed by atoms with Crippen LogP contribution < -0.4 is 4.46 Å². The molecule has 0 bridgehead atoms. The molecule has 0 spiro atoms. The third kappa shape index (κ3) is 7.04. The summed E-state index contributed by atoms with van der Waals surface area (Å²) < 4.78 is 11.7. The number of hydrogen-bond donors (Lipinski definition) is 0. The van der Waals surface area contributed by atoms with Gasteiger partial charge in [0.1, 0.15) is 0 Å². The summed E-state index contributed by atoms with van der Waals surface area (Å²) in [5, 5.41) is 0.942. The van der Waals surface area contributed by atoms with E-state index in [0.29, 0.717) is 21.6 Å². The van der Waals surface area contributed by atoms with Crippen LogP contribution in [0, 0.1) is 0 Å². The van der Waals surface area contributed by atoms with Crippen molar-refractivity contribution in [2.24, 2.45) is 0 Å². The molecule has 0 heterocycles. The Morgan fingerprint density at radius 2 is 2.00 bits per heavy atom. The van der Waals surface area contributed by atoms with Gasteiger partial charge in [0.2, 0.25) is 0 Å². The minimum absolute atomic E-state index is 0.279. The third-order valence-electron chi connectivity index (χ3n) is 2.21. The van der Waals surface area contributed by atoms with Crippen LogP contribution in [-0.2, 0) is 14.3 Å². The Morgan fingerprint density at radius 3 is 2.63 bits per heavy atom. The molecular weight excluding hydrogens is 307 g/mol. The summed E-state index contributed by atoms with van der Waals surface area (Å²) in [7, 11) is 0. The molecule has 0 atom stereocenters. The summed E-state index contributed by atoms with van der Waals surface area (Å²) in [5.41, 5.74) is -0.279. The van der Waals surface area contributed by atoms with Crippen LogP contribution in [0.4, 0.5) is 0 Å². The van der Waals surface area contributed by atoms with Gasteiger partial charge in [-0.1, -0.05) is 0 Å². The number of ether oxygens (including phenoxy) is 2. The molecule has 0 saturated heterocycles. The Bertz CT molecular complexity index is 413. The average molecular weight is 327 g/mol. The van der Waals surface area contributed by atoms with Crippen LogP contribution in [0.1, 0.15) is 20.8 Å². The van der Waals surface area contributed by atoms with E-state index in [0.717, 1.165) is 5.32 Å². The summed E-state index contributed by atoms with van der Waals surface area (Å²) in [6, 6.07) is 10.4. The second-order valence-corrected chi connectivity index (χ2v) is 6.73. The Kier molecular flexibility index (Phi) is 6.68. The molecule has 0 unspecified atom stereocenters. The third-order valence-corrected chi connectivity index (χ3v) is 5.24. The van der Waals surface area contributed by atoms with Crippen LogP contribution in [0.15, 0.2) is 42.7 Å². The Morgan fingerprint density at radius 1 is 1.32 bits per heavy atom. The summed E-state index contributed by atoms with van der Waals surface area (Å²) in [5.74, 6) is -0.369. The van der Waals surface area contributed by atoms with Crippen LogP contribution >= 0.6 is 0 Å². The van der Waals surface area contributed by atoms with Crippen molar-refractivity contribution in [3.8, 4) is 0 Å². The van der Waals surface area contributed by atoms with Crippen LogP contribution in [0.2, 0.25) is 5.32 Å². The van der Waals surface area contributed by atoms with Crippen molar-refractivity contribution in [2.75, 3.05) is 6.61 Å². The fraction of sp³-hybridized carbons (Fsp3) is 0.400. The molecule has 1 aromatic carbocycles. The van der Waals surface area contributed by atoms with Gasteiger partial charge in [0.25, 0.3) is 0 Å². The molecule has 1 rings (SSSR count). The normalized spacial score (nSPS) is 11.5. The first-order valence-corrected chi connectivity index (χ1v) is 8.29. The second-order valence-electron chi connectivity index (χ2n) is 4.53. The topological polar surface area (TPSA) is 35.5 Å². The van der Waals surface area contributed by atoms with E-state index >= 15 is 0 Å². The number of benzene rings is 1. The molecule has 0 radical (unpaired) electrons. The Balaban J connectivity index is 2.37. The van der Waals surface area contributed by atoms with Crippen LogP contribution in [0.3, 0.4) is 0 Å². The van der Waals surface area contributed by atoms with Gasteiger partial charge in [-0.3, -0.25) is 0 Å². The van der Waals surface area contributed by atoms with Crippen LogP contribution in [0.25, 0.3) is 0 Å². The van der Waals surface area contributed by atoms with Crippen molar-refractivity contribution < 1.29 is 14.3 Å². The molecule has 1 aromatic rings. The quantitative estimate of drug-likeness (QED) is 0.334. The molecule has 4 heteroatoms. The number of hydrogen-bond acceptors (Lipinski definition) is 3. The van der Waals surface area contributed by atoms with Gasteiger partial charge < -0.3 is 0 Å². The molecule has 0 aliphatic heterocycles. The zero-order valence-corrected chi connectivity index (χ0v) is 13.3. The molecule has 3 nitrogen and oxygen atoms in total. The number of esters is 1. The van der Waals surface area contributed by atoms with E-state index in [9.17, 15) is 4.79 Å². The van der Waals surface area contributed by atoms with Gasteiger partial charge >= 0.3 is 121 Å². The van der Waals surface area contributed by atoms with Gasteiger partial charge in [0.05, 0.1) is 0 Å². The molecule has 0 amide bonds. The van der Waals surface area contributed by atoms with Crippen molar-refractivity contribution in [1.29, 1.82) is 0 Å². The van der Waals surface area contributed by atoms with Crippen LogP contribution in [0.5, 0.6) is 0 Å². The van der Waals surface area contributed by atoms with Crippen molar-refractivity contribution in [1.82, 2.24) is 0 Å². The van der Waals surface area contributed by atoms with Crippen molar-refractivity contribution in [2.45, 2.75) is 31.7 Å². The van der Waals surface area contributed by atoms with E-state index in [2.05, 4.69) is 12.1 Å². The molecule has 0 aliphatic rings. The molecule has 104 valence electrons. The van der Waals surface area contributed by atoms with E-state index in [4.69, 9.17) is 9.47 Å². The maximum absolute atomic E-state index is 11.1. The summed E-state index contributed by atoms with van der Waals surface area (Å²) >= 11 is 0.364. The van der Waals surface area contributed by atoms with Gasteiger partial charge in [-0.25, -0.2) is 0 Å². The Hall–Kier alpha value is -1.25. The first-order chi connectivity index (χ1) is 9.03. The van der Waals surface area contributed by atoms with E-state index in [1.54, 1.807) is 6.92 Å². The predicted molar refractivity (Wildman–Crippen MR) is 77.6 cm³/mol. The zero-order chi connectivity index (χ0) is 14.1. The Labute approximate surface area is 121 Å².